The van der Waals surface area contributed by atoms with E-state index in [0.29, 0.717) is 5.41 Å². The molecule has 0 spiro atoms. The van der Waals surface area contributed by atoms with Crippen molar-refractivity contribution >= 4 is 0 Å². The van der Waals surface area contributed by atoms with Crippen LogP contribution in [0.4, 0.5) is 0 Å². The fourth-order valence-corrected chi connectivity index (χ4v) is 6.75. The fourth-order valence-electron chi connectivity index (χ4n) is 6.75. The van der Waals surface area contributed by atoms with Crippen molar-refractivity contribution in [2.45, 2.75) is 58.5 Å². The van der Waals surface area contributed by atoms with Crippen molar-refractivity contribution in [2.75, 3.05) is 0 Å². The third-order valence-electron chi connectivity index (χ3n) is 8.02. The second kappa shape index (κ2) is 4.84. The minimum atomic E-state index is -0.356. The Labute approximate surface area is 135 Å². The molecule has 0 aliphatic heterocycles. The summed E-state index contributed by atoms with van der Waals surface area (Å²) >= 11 is 0. The minimum absolute atomic E-state index is 0.204. The monoisotopic (exact) mass is 298 g/mol. The highest BCUT2D eigenvalue weighted by Gasteiger charge is 2.57. The summed E-state index contributed by atoms with van der Waals surface area (Å²) in [5.41, 5.74) is 2.21. The van der Waals surface area contributed by atoms with Gasteiger partial charge in [0.15, 0.2) is 0 Å². The van der Waals surface area contributed by atoms with Gasteiger partial charge in [0.2, 0.25) is 0 Å². The Morgan fingerprint density at radius 1 is 1.18 bits per heavy atom. The molecule has 1 nitrogen and oxygen atoms in total. The lowest BCUT2D eigenvalue weighted by atomic mass is 9.48. The molecule has 0 aromatic heterocycles. The summed E-state index contributed by atoms with van der Waals surface area (Å²) < 4.78 is 0. The van der Waals surface area contributed by atoms with Crippen LogP contribution in [0.3, 0.4) is 0 Å². The van der Waals surface area contributed by atoms with Gasteiger partial charge in [-0.25, -0.2) is 0 Å². The van der Waals surface area contributed by atoms with Crippen LogP contribution < -0.4 is 0 Å². The average Bonchev–Trinajstić information content (AvgIpc) is 2.84. The van der Waals surface area contributed by atoms with Crippen LogP contribution in [0.5, 0.6) is 0 Å². The first-order chi connectivity index (χ1) is 10.5. The van der Waals surface area contributed by atoms with Crippen molar-refractivity contribution in [3.63, 3.8) is 0 Å². The lowest BCUT2D eigenvalue weighted by molar-refractivity contribution is -0.0272. The molecule has 4 aliphatic rings. The summed E-state index contributed by atoms with van der Waals surface area (Å²) in [6.07, 6.45) is 16.3. The quantitative estimate of drug-likeness (QED) is 0.683. The van der Waals surface area contributed by atoms with Gasteiger partial charge in [-0.15, -0.1) is 6.58 Å². The standard InChI is InChI=1S/C21H30O/c1-4-14-6-8-18-17-7-5-15-13-16(22)9-11-21(15,3)19(17)10-12-20(14,18)2/h4,9,11,13-14,16-19,22H,1,5-8,10,12H2,2-3H3/t14-,16-,17?,18?,19?,20+,21-/m0/s1. The third kappa shape index (κ3) is 1.81. The summed E-state index contributed by atoms with van der Waals surface area (Å²) in [5, 5.41) is 9.94. The molecule has 7 atom stereocenters. The zero-order chi connectivity index (χ0) is 15.5. The van der Waals surface area contributed by atoms with E-state index >= 15 is 0 Å². The van der Waals surface area contributed by atoms with Crippen LogP contribution in [0.25, 0.3) is 0 Å². The number of rotatable bonds is 1. The second-order valence-corrected chi connectivity index (χ2v) is 8.70. The molecule has 120 valence electrons. The van der Waals surface area contributed by atoms with Gasteiger partial charge < -0.3 is 5.11 Å². The normalized spacial score (nSPS) is 53.2. The highest BCUT2D eigenvalue weighted by Crippen LogP contribution is 2.66. The van der Waals surface area contributed by atoms with Crippen LogP contribution >= 0.6 is 0 Å². The van der Waals surface area contributed by atoms with Crippen LogP contribution in [0.1, 0.15) is 52.4 Å². The minimum Gasteiger partial charge on any atom is -0.385 e. The number of aliphatic hydroxyl groups is 1. The highest BCUT2D eigenvalue weighted by molar-refractivity contribution is 5.33. The van der Waals surface area contributed by atoms with E-state index in [9.17, 15) is 5.11 Å². The van der Waals surface area contributed by atoms with Gasteiger partial charge in [-0.05, 0) is 67.6 Å². The van der Waals surface area contributed by atoms with Crippen LogP contribution in [0.2, 0.25) is 0 Å². The molecule has 1 heteroatoms. The van der Waals surface area contributed by atoms with E-state index in [1.807, 2.05) is 6.08 Å². The zero-order valence-corrected chi connectivity index (χ0v) is 14.1. The van der Waals surface area contributed by atoms with Crippen LogP contribution in [0, 0.1) is 34.5 Å². The first-order valence-corrected chi connectivity index (χ1v) is 9.20. The van der Waals surface area contributed by atoms with Crippen molar-refractivity contribution in [2.24, 2.45) is 34.5 Å². The average molecular weight is 298 g/mol. The molecule has 4 rings (SSSR count). The Morgan fingerprint density at radius 2 is 2.00 bits per heavy atom. The number of allylic oxidation sites excluding steroid dienone is 3. The summed E-state index contributed by atoms with van der Waals surface area (Å²) in [5.74, 6) is 3.25. The fraction of sp³-hybridized carbons (Fsp3) is 0.714. The second-order valence-electron chi connectivity index (χ2n) is 8.70. The Hall–Kier alpha value is -0.820. The van der Waals surface area contributed by atoms with Crippen molar-refractivity contribution in [3.8, 4) is 0 Å². The number of hydrogen-bond acceptors (Lipinski definition) is 1. The molecule has 3 fully saturated rings. The highest BCUT2D eigenvalue weighted by atomic mass is 16.3. The molecule has 0 aromatic carbocycles. The van der Waals surface area contributed by atoms with Crippen molar-refractivity contribution in [3.05, 3.63) is 36.5 Å². The van der Waals surface area contributed by atoms with Gasteiger partial charge in [0, 0.05) is 5.41 Å². The van der Waals surface area contributed by atoms with E-state index in [0.717, 1.165) is 23.7 Å². The molecular weight excluding hydrogens is 268 g/mol. The van der Waals surface area contributed by atoms with Crippen LogP contribution in [-0.2, 0) is 0 Å². The van der Waals surface area contributed by atoms with Crippen molar-refractivity contribution in [1.29, 1.82) is 0 Å². The molecule has 22 heavy (non-hydrogen) atoms. The van der Waals surface area contributed by atoms with Crippen LogP contribution in [0.15, 0.2) is 36.5 Å². The van der Waals surface area contributed by atoms with Gasteiger partial charge in [0.05, 0.1) is 6.10 Å². The largest absolute Gasteiger partial charge is 0.385 e. The van der Waals surface area contributed by atoms with Crippen LogP contribution in [-0.4, -0.2) is 11.2 Å². The van der Waals surface area contributed by atoms with Gasteiger partial charge in [0.1, 0.15) is 0 Å². The Kier molecular flexibility index (Phi) is 3.24. The van der Waals surface area contributed by atoms with E-state index in [1.54, 1.807) is 0 Å². The van der Waals surface area contributed by atoms with E-state index in [1.165, 1.54) is 44.1 Å². The summed E-state index contributed by atoms with van der Waals surface area (Å²) in [7, 11) is 0. The van der Waals surface area contributed by atoms with Crippen molar-refractivity contribution < 1.29 is 5.11 Å². The molecule has 1 N–H and O–H groups in total. The van der Waals surface area contributed by atoms with Gasteiger partial charge in [-0.3, -0.25) is 0 Å². The Bertz CT molecular complexity index is 544. The smallest absolute Gasteiger partial charge is 0.0905 e. The lowest BCUT2D eigenvalue weighted by Crippen LogP contribution is -2.49. The number of fused-ring (bicyclic) bond motifs is 5. The molecule has 0 saturated heterocycles. The van der Waals surface area contributed by atoms with E-state index in [-0.39, 0.29) is 11.5 Å². The maximum Gasteiger partial charge on any atom is 0.0905 e. The molecule has 0 heterocycles. The summed E-state index contributed by atoms with van der Waals surface area (Å²) in [6, 6.07) is 0. The first kappa shape index (κ1) is 14.8. The summed E-state index contributed by atoms with van der Waals surface area (Å²) in [6.45, 7) is 9.10. The van der Waals surface area contributed by atoms with Gasteiger partial charge in [-0.2, -0.15) is 0 Å². The number of hydrogen-bond donors (Lipinski definition) is 1. The molecule has 4 aliphatic carbocycles. The zero-order valence-electron chi connectivity index (χ0n) is 14.1. The topological polar surface area (TPSA) is 20.2 Å². The molecule has 3 saturated carbocycles. The maximum atomic E-state index is 9.94. The van der Waals surface area contributed by atoms with E-state index < -0.39 is 0 Å². The number of aliphatic hydroxyl groups excluding tert-OH is 1. The van der Waals surface area contributed by atoms with Gasteiger partial charge in [-0.1, -0.05) is 43.7 Å². The molecule has 0 aromatic rings. The molecular formula is C21H30O. The molecule has 0 radical (unpaired) electrons. The lowest BCUT2D eigenvalue weighted by Gasteiger charge is -2.57. The van der Waals surface area contributed by atoms with Gasteiger partial charge in [0.25, 0.3) is 0 Å². The Morgan fingerprint density at radius 3 is 2.77 bits per heavy atom. The van der Waals surface area contributed by atoms with Gasteiger partial charge >= 0.3 is 0 Å². The third-order valence-corrected chi connectivity index (χ3v) is 8.02. The maximum absolute atomic E-state index is 9.94. The summed E-state index contributed by atoms with van der Waals surface area (Å²) in [4.78, 5) is 0. The SMILES string of the molecule is C=C[C@H]1CCC2C3CCC4=C[C@@H](O)C=C[C@]4(C)C3CC[C@@]21C. The van der Waals surface area contributed by atoms with E-state index in [2.05, 4.69) is 38.7 Å². The molecule has 0 amide bonds. The van der Waals surface area contributed by atoms with Crippen molar-refractivity contribution in [1.82, 2.24) is 0 Å². The predicted molar refractivity (Wildman–Crippen MR) is 91.3 cm³/mol. The molecule has 3 unspecified atom stereocenters. The predicted octanol–water partition coefficient (Wildman–Crippen LogP) is 4.89. The first-order valence-electron chi connectivity index (χ1n) is 9.20. The van der Waals surface area contributed by atoms with E-state index in [4.69, 9.17) is 0 Å². The molecule has 0 bridgehead atoms. The Balaban J connectivity index is 1.68.